The molecule has 1 fully saturated rings. The summed E-state index contributed by atoms with van der Waals surface area (Å²) < 4.78 is 0. The van der Waals surface area contributed by atoms with Gasteiger partial charge in [-0.1, -0.05) is 37.8 Å². The van der Waals surface area contributed by atoms with Crippen LogP contribution < -0.4 is 0 Å². The molecule has 0 radical (unpaired) electrons. The SMILES string of the molecule is OCC(O)c1nc2ccccc2nc1C1CCCCCC1. The van der Waals surface area contributed by atoms with Gasteiger partial charge in [0.25, 0.3) is 0 Å². The molecule has 3 rings (SSSR count). The van der Waals surface area contributed by atoms with Crippen LogP contribution >= 0.6 is 0 Å². The summed E-state index contributed by atoms with van der Waals surface area (Å²) in [6.45, 7) is -0.313. The lowest BCUT2D eigenvalue weighted by Crippen LogP contribution is -2.14. The normalized spacial score (nSPS) is 18.6. The maximum absolute atomic E-state index is 10.1. The van der Waals surface area contributed by atoms with Crippen molar-refractivity contribution in [1.82, 2.24) is 9.97 Å². The van der Waals surface area contributed by atoms with Gasteiger partial charge in [0.15, 0.2) is 0 Å². The molecule has 1 unspecified atom stereocenters. The minimum Gasteiger partial charge on any atom is -0.393 e. The Bertz CT molecular complexity index is 607. The van der Waals surface area contributed by atoms with Gasteiger partial charge in [0.2, 0.25) is 0 Å². The lowest BCUT2D eigenvalue weighted by atomic mass is 9.93. The number of benzene rings is 1. The molecule has 4 heteroatoms. The predicted molar refractivity (Wildman–Crippen MR) is 82.0 cm³/mol. The Kier molecular flexibility index (Phi) is 4.46. The predicted octanol–water partition coefficient (Wildman–Crippen LogP) is 3.09. The Balaban J connectivity index is 2.08. The number of rotatable bonds is 3. The van der Waals surface area contributed by atoms with Crippen molar-refractivity contribution < 1.29 is 10.2 Å². The minimum absolute atomic E-state index is 0.313. The highest BCUT2D eigenvalue weighted by molar-refractivity contribution is 5.74. The van der Waals surface area contributed by atoms with Gasteiger partial charge in [-0.15, -0.1) is 0 Å². The van der Waals surface area contributed by atoms with Gasteiger partial charge < -0.3 is 10.2 Å². The molecule has 0 amide bonds. The Morgan fingerprint density at radius 3 is 2.24 bits per heavy atom. The largest absolute Gasteiger partial charge is 0.393 e. The van der Waals surface area contributed by atoms with Crippen molar-refractivity contribution in [3.8, 4) is 0 Å². The van der Waals surface area contributed by atoms with E-state index in [1.165, 1.54) is 25.7 Å². The Labute approximate surface area is 124 Å². The fourth-order valence-corrected chi connectivity index (χ4v) is 3.21. The zero-order valence-corrected chi connectivity index (χ0v) is 12.2. The highest BCUT2D eigenvalue weighted by atomic mass is 16.3. The lowest BCUT2D eigenvalue weighted by molar-refractivity contribution is 0.0909. The number of hydrogen-bond acceptors (Lipinski definition) is 4. The molecule has 0 saturated heterocycles. The number of aliphatic hydroxyl groups excluding tert-OH is 2. The van der Waals surface area contributed by atoms with Crippen LogP contribution in [-0.2, 0) is 0 Å². The molecular weight excluding hydrogens is 264 g/mol. The van der Waals surface area contributed by atoms with Gasteiger partial charge in [-0.05, 0) is 25.0 Å². The molecule has 112 valence electrons. The van der Waals surface area contributed by atoms with Gasteiger partial charge in [0, 0.05) is 5.92 Å². The first-order valence-electron chi connectivity index (χ1n) is 7.85. The van der Waals surface area contributed by atoms with E-state index in [-0.39, 0.29) is 6.61 Å². The summed E-state index contributed by atoms with van der Waals surface area (Å²) in [7, 11) is 0. The van der Waals surface area contributed by atoms with Crippen LogP contribution in [0, 0.1) is 0 Å². The van der Waals surface area contributed by atoms with Gasteiger partial charge in [0.1, 0.15) is 6.10 Å². The third-order valence-electron chi connectivity index (χ3n) is 4.36. The fraction of sp³-hybridized carbons (Fsp3) is 0.529. The Morgan fingerprint density at radius 1 is 1.00 bits per heavy atom. The smallest absolute Gasteiger partial charge is 0.121 e. The number of aromatic nitrogens is 2. The van der Waals surface area contributed by atoms with Crippen LogP contribution in [0.5, 0.6) is 0 Å². The molecule has 1 saturated carbocycles. The summed E-state index contributed by atoms with van der Waals surface area (Å²) in [5.41, 5.74) is 3.09. The molecule has 1 aliphatic rings. The molecule has 1 aliphatic carbocycles. The van der Waals surface area contributed by atoms with Gasteiger partial charge in [0.05, 0.1) is 29.0 Å². The molecule has 1 heterocycles. The molecular formula is C17H22N2O2. The number of aliphatic hydroxyl groups is 2. The van der Waals surface area contributed by atoms with Gasteiger partial charge in [-0.25, -0.2) is 9.97 Å². The highest BCUT2D eigenvalue weighted by Gasteiger charge is 2.24. The summed E-state index contributed by atoms with van der Waals surface area (Å²) in [5, 5.41) is 19.4. The van der Waals surface area contributed by atoms with E-state index >= 15 is 0 Å². The van der Waals surface area contributed by atoms with Gasteiger partial charge in [-0.2, -0.15) is 0 Å². The summed E-state index contributed by atoms with van der Waals surface area (Å²) >= 11 is 0. The average Bonchev–Trinajstić information content (AvgIpc) is 2.82. The fourth-order valence-electron chi connectivity index (χ4n) is 3.21. The topological polar surface area (TPSA) is 66.2 Å². The van der Waals surface area contributed by atoms with Crippen molar-refractivity contribution in [3.05, 3.63) is 35.7 Å². The van der Waals surface area contributed by atoms with Crippen LogP contribution in [0.25, 0.3) is 11.0 Å². The maximum atomic E-state index is 10.1. The second-order valence-electron chi connectivity index (χ2n) is 5.87. The van der Waals surface area contributed by atoms with E-state index in [2.05, 4.69) is 4.98 Å². The monoisotopic (exact) mass is 286 g/mol. The van der Waals surface area contributed by atoms with E-state index in [1.807, 2.05) is 24.3 Å². The van der Waals surface area contributed by atoms with Crippen LogP contribution in [0.15, 0.2) is 24.3 Å². The third kappa shape index (κ3) is 3.06. The number of nitrogens with zero attached hydrogens (tertiary/aromatic N) is 2. The van der Waals surface area contributed by atoms with E-state index in [1.54, 1.807) is 0 Å². The number of hydrogen-bond donors (Lipinski definition) is 2. The maximum Gasteiger partial charge on any atom is 0.121 e. The van der Waals surface area contributed by atoms with Gasteiger partial charge >= 0.3 is 0 Å². The van der Waals surface area contributed by atoms with Crippen LogP contribution in [0.4, 0.5) is 0 Å². The van der Waals surface area contributed by atoms with Crippen LogP contribution in [-0.4, -0.2) is 26.8 Å². The summed E-state index contributed by atoms with van der Waals surface area (Å²) in [6, 6.07) is 7.72. The van der Waals surface area contributed by atoms with Gasteiger partial charge in [-0.3, -0.25) is 0 Å². The molecule has 1 atom stereocenters. The first-order valence-corrected chi connectivity index (χ1v) is 7.85. The zero-order valence-electron chi connectivity index (χ0n) is 12.2. The first kappa shape index (κ1) is 14.4. The van der Waals surface area contributed by atoms with E-state index < -0.39 is 6.10 Å². The molecule has 0 bridgehead atoms. The molecule has 2 N–H and O–H groups in total. The van der Waals surface area contributed by atoms with E-state index in [4.69, 9.17) is 4.98 Å². The highest BCUT2D eigenvalue weighted by Crippen LogP contribution is 2.34. The Morgan fingerprint density at radius 2 is 1.62 bits per heavy atom. The molecule has 4 nitrogen and oxygen atoms in total. The van der Waals surface area contributed by atoms with Crippen molar-refractivity contribution in [2.45, 2.75) is 50.5 Å². The van der Waals surface area contributed by atoms with E-state index in [9.17, 15) is 10.2 Å². The average molecular weight is 286 g/mol. The third-order valence-corrected chi connectivity index (χ3v) is 4.36. The summed E-state index contributed by atoms with van der Waals surface area (Å²) in [4.78, 5) is 9.36. The first-order chi connectivity index (χ1) is 10.3. The molecule has 0 spiro atoms. The summed E-state index contributed by atoms with van der Waals surface area (Å²) in [6.07, 6.45) is 6.20. The summed E-state index contributed by atoms with van der Waals surface area (Å²) in [5.74, 6) is 0.348. The van der Waals surface area contributed by atoms with Crippen molar-refractivity contribution >= 4 is 11.0 Å². The van der Waals surface area contributed by atoms with E-state index in [0.29, 0.717) is 11.6 Å². The number of para-hydroxylation sites is 2. The number of fused-ring (bicyclic) bond motifs is 1. The Hall–Kier alpha value is -1.52. The quantitative estimate of drug-likeness (QED) is 0.851. The zero-order chi connectivity index (χ0) is 14.7. The van der Waals surface area contributed by atoms with Crippen molar-refractivity contribution in [2.24, 2.45) is 0 Å². The standard InChI is InChI=1S/C17H22N2O2/c20-11-15(21)17-16(12-7-3-1-2-4-8-12)18-13-9-5-6-10-14(13)19-17/h5-6,9-10,12,15,20-21H,1-4,7-8,11H2. The lowest BCUT2D eigenvalue weighted by Gasteiger charge is -2.19. The molecule has 0 aliphatic heterocycles. The molecule has 2 aromatic rings. The second kappa shape index (κ2) is 6.50. The molecule has 1 aromatic carbocycles. The van der Waals surface area contributed by atoms with Crippen LogP contribution in [0.3, 0.4) is 0 Å². The van der Waals surface area contributed by atoms with Crippen molar-refractivity contribution in [2.75, 3.05) is 6.61 Å². The molecule has 21 heavy (non-hydrogen) atoms. The van der Waals surface area contributed by atoms with E-state index in [0.717, 1.165) is 29.6 Å². The molecule has 1 aromatic heterocycles. The van der Waals surface area contributed by atoms with Crippen molar-refractivity contribution in [1.29, 1.82) is 0 Å². The van der Waals surface area contributed by atoms with Crippen LogP contribution in [0.1, 0.15) is 61.9 Å². The van der Waals surface area contributed by atoms with Crippen LogP contribution in [0.2, 0.25) is 0 Å². The second-order valence-corrected chi connectivity index (χ2v) is 5.87. The van der Waals surface area contributed by atoms with Crippen molar-refractivity contribution in [3.63, 3.8) is 0 Å². The minimum atomic E-state index is -0.944.